The average Bonchev–Trinajstić information content (AvgIpc) is 3.21. The van der Waals surface area contributed by atoms with Gasteiger partial charge in [0.2, 0.25) is 0 Å². The summed E-state index contributed by atoms with van der Waals surface area (Å²) in [6.45, 7) is 5.23. The molecule has 5 aliphatic heterocycles. The number of nitrogens with zero attached hydrogens (tertiary/aromatic N) is 3. The lowest BCUT2D eigenvalue weighted by Crippen LogP contribution is -2.56. The summed E-state index contributed by atoms with van der Waals surface area (Å²) >= 11 is 0. The van der Waals surface area contributed by atoms with Gasteiger partial charge in [0.15, 0.2) is 0 Å². The number of likely N-dealkylation sites (tertiary alicyclic amines) is 2. The monoisotopic (exact) mass is 721 g/mol. The summed E-state index contributed by atoms with van der Waals surface area (Å²) in [6, 6.07) is 23.3. The minimum atomic E-state index is -0.642. The van der Waals surface area contributed by atoms with Crippen molar-refractivity contribution in [2.75, 3.05) is 57.7 Å². The first-order valence-corrected chi connectivity index (χ1v) is 18.7. The Bertz CT molecular complexity index is 1760. The predicted molar refractivity (Wildman–Crippen MR) is 198 cm³/mol. The Balaban J connectivity index is 0.865. The van der Waals surface area contributed by atoms with Crippen molar-refractivity contribution >= 4 is 36.0 Å². The molecule has 2 bridgehead atoms. The molecular weight excluding hydrogens is 674 g/mol. The van der Waals surface area contributed by atoms with Gasteiger partial charge in [0.1, 0.15) is 12.4 Å². The van der Waals surface area contributed by atoms with Crippen LogP contribution in [0, 0.1) is 11.8 Å². The van der Waals surface area contributed by atoms with Gasteiger partial charge in [-0.15, -0.1) is 0 Å². The van der Waals surface area contributed by atoms with Crippen LogP contribution < -0.4 is 10.6 Å². The van der Waals surface area contributed by atoms with Crippen LogP contribution in [0.4, 0.5) is 15.3 Å². The Kier molecular flexibility index (Phi) is 11.0. The molecule has 5 heterocycles. The van der Waals surface area contributed by atoms with Gasteiger partial charge in [0, 0.05) is 55.1 Å². The quantitative estimate of drug-likeness (QED) is 0.275. The molecule has 0 saturated carbocycles. The summed E-state index contributed by atoms with van der Waals surface area (Å²) in [5.41, 5.74) is 2.45. The zero-order chi connectivity index (χ0) is 36.8. The second-order valence-corrected chi connectivity index (χ2v) is 14.7. The van der Waals surface area contributed by atoms with Gasteiger partial charge in [-0.05, 0) is 105 Å². The molecule has 3 aromatic carbocycles. The van der Waals surface area contributed by atoms with E-state index in [4.69, 9.17) is 9.47 Å². The fourth-order valence-electron chi connectivity index (χ4n) is 8.16. The number of piperidine rings is 5. The van der Waals surface area contributed by atoms with E-state index in [1.165, 1.54) is 0 Å². The lowest BCUT2D eigenvalue weighted by Gasteiger charge is -2.45. The number of aldehydes is 1. The van der Waals surface area contributed by atoms with E-state index in [2.05, 4.69) is 15.5 Å². The maximum Gasteiger partial charge on any atom is 0.411 e. The minimum Gasteiger partial charge on any atom is -0.449 e. The van der Waals surface area contributed by atoms with Crippen LogP contribution in [0.2, 0.25) is 0 Å². The van der Waals surface area contributed by atoms with Crippen LogP contribution in [0.1, 0.15) is 75.2 Å². The first-order valence-electron chi connectivity index (χ1n) is 18.7. The largest absolute Gasteiger partial charge is 0.449 e. The summed E-state index contributed by atoms with van der Waals surface area (Å²) in [5.74, 6) is 0.369. The molecule has 12 heteroatoms. The lowest BCUT2D eigenvalue weighted by atomic mass is 9.80. The molecule has 1 atom stereocenters. The Morgan fingerprint density at radius 3 is 1.91 bits per heavy atom. The van der Waals surface area contributed by atoms with Crippen molar-refractivity contribution in [2.45, 2.75) is 50.2 Å². The molecule has 0 spiro atoms. The highest BCUT2D eigenvalue weighted by atomic mass is 16.6. The second kappa shape index (κ2) is 16.2. The van der Waals surface area contributed by atoms with E-state index < -0.39 is 17.7 Å². The number of rotatable bonds is 9. The van der Waals surface area contributed by atoms with Gasteiger partial charge in [-0.25, -0.2) is 9.59 Å². The molecule has 0 radical (unpaired) electrons. The number of hydrogen-bond donors (Lipinski definition) is 2. The van der Waals surface area contributed by atoms with Crippen LogP contribution in [0.15, 0.2) is 78.9 Å². The van der Waals surface area contributed by atoms with E-state index in [0.29, 0.717) is 80.2 Å². The molecule has 2 N–H and O–H groups in total. The van der Waals surface area contributed by atoms with Gasteiger partial charge in [0.05, 0.1) is 12.1 Å². The third kappa shape index (κ3) is 8.54. The number of anilines is 1. The normalized spacial score (nSPS) is 22.4. The van der Waals surface area contributed by atoms with E-state index in [0.717, 1.165) is 44.3 Å². The van der Waals surface area contributed by atoms with Crippen LogP contribution in [0.3, 0.4) is 0 Å². The van der Waals surface area contributed by atoms with Gasteiger partial charge >= 0.3 is 12.2 Å². The van der Waals surface area contributed by atoms with Crippen molar-refractivity contribution in [2.24, 2.45) is 11.8 Å². The number of benzene rings is 3. The highest BCUT2D eigenvalue weighted by Crippen LogP contribution is 2.35. The molecule has 5 saturated heterocycles. The minimum absolute atomic E-state index is 0.0734. The molecule has 0 aliphatic carbocycles. The van der Waals surface area contributed by atoms with Gasteiger partial charge in [-0.2, -0.15) is 0 Å². The van der Waals surface area contributed by atoms with Gasteiger partial charge in [0.25, 0.3) is 11.8 Å². The summed E-state index contributed by atoms with van der Waals surface area (Å²) in [7, 11) is 0. The number of ether oxygens (including phenoxy) is 2. The zero-order valence-electron chi connectivity index (χ0n) is 29.9. The Morgan fingerprint density at radius 2 is 1.32 bits per heavy atom. The summed E-state index contributed by atoms with van der Waals surface area (Å²) in [6.07, 6.45) is 4.34. The Labute approximate surface area is 309 Å². The number of hydrogen-bond acceptors (Lipinski definition) is 8. The summed E-state index contributed by atoms with van der Waals surface area (Å²) in [4.78, 5) is 69.1. The van der Waals surface area contributed by atoms with Crippen molar-refractivity contribution in [1.82, 2.24) is 20.0 Å². The molecule has 0 aromatic heterocycles. The van der Waals surface area contributed by atoms with Crippen molar-refractivity contribution < 1.29 is 33.4 Å². The molecule has 0 unspecified atom stereocenters. The number of amides is 4. The molecule has 278 valence electrons. The van der Waals surface area contributed by atoms with Crippen molar-refractivity contribution in [3.63, 3.8) is 0 Å². The van der Waals surface area contributed by atoms with E-state index in [-0.39, 0.29) is 30.4 Å². The molecule has 53 heavy (non-hydrogen) atoms. The van der Waals surface area contributed by atoms with Gasteiger partial charge in [-0.1, -0.05) is 42.5 Å². The highest BCUT2D eigenvalue weighted by molar-refractivity contribution is 5.96. The number of nitrogens with one attached hydrogen (secondary N) is 2. The average molecular weight is 722 g/mol. The molecule has 4 amide bonds. The highest BCUT2D eigenvalue weighted by Gasteiger charge is 2.42. The van der Waals surface area contributed by atoms with Crippen molar-refractivity contribution in [3.8, 4) is 0 Å². The first-order chi connectivity index (χ1) is 25.8. The molecule has 8 rings (SSSR count). The molecular formula is C41H47N5O7. The third-order valence-corrected chi connectivity index (χ3v) is 11.5. The fraction of sp³-hybridized carbons (Fsp3) is 0.439. The van der Waals surface area contributed by atoms with Crippen molar-refractivity contribution in [3.05, 3.63) is 101 Å². The third-order valence-electron chi connectivity index (χ3n) is 11.5. The van der Waals surface area contributed by atoms with Crippen LogP contribution in [-0.4, -0.2) is 104 Å². The van der Waals surface area contributed by atoms with E-state index in [9.17, 15) is 24.0 Å². The summed E-state index contributed by atoms with van der Waals surface area (Å²) in [5, 5.41) is 5.97. The zero-order valence-corrected chi connectivity index (χ0v) is 29.9. The van der Waals surface area contributed by atoms with Crippen LogP contribution in [-0.2, 0) is 15.0 Å². The van der Waals surface area contributed by atoms with Crippen LogP contribution in [0.25, 0.3) is 0 Å². The van der Waals surface area contributed by atoms with E-state index in [1.807, 2.05) is 30.3 Å². The predicted octanol–water partition coefficient (Wildman–Crippen LogP) is 5.55. The Hall–Kier alpha value is -5.23. The number of carbonyl (C=O) groups excluding carboxylic acids is 5. The molecule has 3 aromatic rings. The number of fused-ring (bicyclic) bond motifs is 3. The standard InChI is InChI=1S/C41H47N5O7/c47-27-29-6-8-32(9-7-29)37(48)45-22-14-30(15-23-45)28-52-39(50)42-35-12-10-33(11-13-35)38(49)46-24-18-41(19-25-46,34-4-2-1-3-5-34)43-40(51)53-36-26-44-20-16-31(36)17-21-44/h1-13,27,30-31,36H,14-26,28H2,(H,42,50)(H,43,51)/t36-/m0/s1. The van der Waals surface area contributed by atoms with Gasteiger partial charge < -0.3 is 24.6 Å². The fourth-order valence-corrected chi connectivity index (χ4v) is 8.16. The SMILES string of the molecule is O=Cc1ccc(C(=O)N2CCC(COC(=O)Nc3ccc(C(=O)N4CCC(NC(=O)O[C@H]5CN6CCC5CC6)(c5ccccc5)CC4)cc3)CC2)cc1. The first kappa shape index (κ1) is 36.1. The molecule has 5 aliphatic rings. The van der Waals surface area contributed by atoms with Crippen LogP contribution >= 0.6 is 0 Å². The molecule has 12 nitrogen and oxygen atoms in total. The second-order valence-electron chi connectivity index (χ2n) is 14.7. The van der Waals surface area contributed by atoms with Gasteiger partial charge in [-0.3, -0.25) is 24.6 Å². The lowest BCUT2D eigenvalue weighted by molar-refractivity contribution is -0.0366. The molecule has 5 fully saturated rings. The van der Waals surface area contributed by atoms with E-state index in [1.54, 1.807) is 58.3 Å². The summed E-state index contributed by atoms with van der Waals surface area (Å²) < 4.78 is 11.5. The van der Waals surface area contributed by atoms with E-state index >= 15 is 0 Å². The maximum atomic E-state index is 13.5. The van der Waals surface area contributed by atoms with Crippen LogP contribution in [0.5, 0.6) is 0 Å². The topological polar surface area (TPSA) is 138 Å². The smallest absolute Gasteiger partial charge is 0.411 e. The number of carbonyl (C=O) groups is 5. The Morgan fingerprint density at radius 1 is 0.717 bits per heavy atom. The number of alkyl carbamates (subject to hydrolysis) is 1. The van der Waals surface area contributed by atoms with Crippen molar-refractivity contribution in [1.29, 1.82) is 0 Å². The maximum absolute atomic E-state index is 13.5.